The van der Waals surface area contributed by atoms with E-state index >= 15 is 0 Å². The van der Waals surface area contributed by atoms with Gasteiger partial charge in [0, 0.05) is 25.3 Å². The van der Waals surface area contributed by atoms with Gasteiger partial charge in [-0.15, -0.1) is 0 Å². The number of nitrogens with one attached hydrogen (secondary N) is 1. The lowest BCUT2D eigenvalue weighted by Crippen LogP contribution is -2.75. The third-order valence-corrected chi connectivity index (χ3v) is 6.74. The zero-order chi connectivity index (χ0) is 22.5. The number of para-hydroxylation sites is 3. The number of rotatable bonds is 3. The zero-order valence-corrected chi connectivity index (χ0v) is 18.2. The van der Waals surface area contributed by atoms with Crippen LogP contribution < -0.4 is 19.9 Å². The van der Waals surface area contributed by atoms with Gasteiger partial charge in [0.25, 0.3) is 5.91 Å². The minimum absolute atomic E-state index is 0.240. The molecule has 166 valence electrons. The van der Waals surface area contributed by atoms with Crippen molar-refractivity contribution in [3.63, 3.8) is 0 Å². The Hall–Kier alpha value is -3.39. The van der Waals surface area contributed by atoms with E-state index in [1.807, 2.05) is 38.2 Å². The number of fused-ring (bicyclic) bond motifs is 4. The Morgan fingerprint density at radius 2 is 1.75 bits per heavy atom. The first-order valence-electron chi connectivity index (χ1n) is 10.9. The lowest BCUT2D eigenvalue weighted by molar-refractivity contribution is -0.145. The third kappa shape index (κ3) is 2.90. The highest BCUT2D eigenvalue weighted by Gasteiger charge is 2.63. The fourth-order valence-corrected chi connectivity index (χ4v) is 5.23. The van der Waals surface area contributed by atoms with Crippen molar-refractivity contribution in [2.75, 3.05) is 43.1 Å². The van der Waals surface area contributed by atoms with Gasteiger partial charge in [0.2, 0.25) is 5.91 Å². The summed E-state index contributed by atoms with van der Waals surface area (Å²) < 4.78 is 5.69. The Kier molecular flexibility index (Phi) is 4.89. The number of carbonyl (C=O) groups is 3. The molecule has 2 saturated heterocycles. The minimum Gasteiger partial charge on any atom is -0.492 e. The van der Waals surface area contributed by atoms with Gasteiger partial charge in [0.15, 0.2) is 5.41 Å². The van der Waals surface area contributed by atoms with Gasteiger partial charge in [-0.05, 0) is 44.2 Å². The molecule has 8 heteroatoms. The summed E-state index contributed by atoms with van der Waals surface area (Å²) in [6.45, 7) is 4.30. The predicted molar refractivity (Wildman–Crippen MR) is 120 cm³/mol. The van der Waals surface area contributed by atoms with Crippen molar-refractivity contribution in [1.29, 1.82) is 0 Å². The van der Waals surface area contributed by atoms with Gasteiger partial charge < -0.3 is 14.5 Å². The molecule has 1 N–H and O–H groups in total. The van der Waals surface area contributed by atoms with Gasteiger partial charge >= 0.3 is 6.03 Å². The summed E-state index contributed by atoms with van der Waals surface area (Å²) in [5.41, 5.74) is 0.911. The molecule has 0 aromatic heterocycles. The van der Waals surface area contributed by atoms with E-state index in [4.69, 9.17) is 4.74 Å². The summed E-state index contributed by atoms with van der Waals surface area (Å²) in [6, 6.07) is 13.7. The number of piperazine rings is 1. The van der Waals surface area contributed by atoms with E-state index in [-0.39, 0.29) is 6.42 Å². The molecule has 4 amide bonds. The number of nitrogens with zero attached hydrogens (tertiary/aromatic N) is 3. The van der Waals surface area contributed by atoms with Crippen molar-refractivity contribution < 1.29 is 19.1 Å². The number of hydrogen-bond donors (Lipinski definition) is 1. The summed E-state index contributed by atoms with van der Waals surface area (Å²) in [7, 11) is 1.99. The number of barbiturate groups is 1. The molecule has 8 nitrogen and oxygen atoms in total. The van der Waals surface area contributed by atoms with Crippen LogP contribution in [0.2, 0.25) is 0 Å². The van der Waals surface area contributed by atoms with Crippen molar-refractivity contribution in [3.8, 4) is 5.75 Å². The maximum absolute atomic E-state index is 14.2. The molecule has 3 aliphatic heterocycles. The maximum Gasteiger partial charge on any atom is 0.335 e. The first-order chi connectivity index (χ1) is 15.5. The molecule has 2 atom stereocenters. The van der Waals surface area contributed by atoms with E-state index in [0.717, 1.165) is 22.7 Å². The number of imide groups is 2. The van der Waals surface area contributed by atoms with Gasteiger partial charge in [-0.2, -0.15) is 0 Å². The highest BCUT2D eigenvalue weighted by Crippen LogP contribution is 2.46. The van der Waals surface area contributed by atoms with Crippen molar-refractivity contribution in [1.82, 2.24) is 10.2 Å². The van der Waals surface area contributed by atoms with Crippen molar-refractivity contribution >= 4 is 29.2 Å². The average Bonchev–Trinajstić information content (AvgIpc) is 2.78. The van der Waals surface area contributed by atoms with E-state index in [9.17, 15) is 14.4 Å². The molecule has 2 fully saturated rings. The number of hydrogen-bond acceptors (Lipinski definition) is 6. The predicted octanol–water partition coefficient (Wildman–Crippen LogP) is 2.03. The molecule has 2 aromatic carbocycles. The number of likely N-dealkylation sites (N-methyl/N-ethyl adjacent to an activating group) is 1. The fourth-order valence-electron chi connectivity index (χ4n) is 5.23. The van der Waals surface area contributed by atoms with Crippen LogP contribution >= 0.6 is 0 Å². The van der Waals surface area contributed by atoms with Crippen molar-refractivity contribution in [3.05, 3.63) is 54.1 Å². The Morgan fingerprint density at radius 3 is 2.53 bits per heavy atom. The van der Waals surface area contributed by atoms with Crippen LogP contribution in [0, 0.1) is 5.41 Å². The number of urea groups is 1. The van der Waals surface area contributed by atoms with Gasteiger partial charge in [-0.3, -0.25) is 14.9 Å². The molecular formula is C24H26N4O4. The van der Waals surface area contributed by atoms with Crippen molar-refractivity contribution in [2.45, 2.75) is 19.4 Å². The summed E-state index contributed by atoms with van der Waals surface area (Å²) in [5.74, 6) is -0.604. The van der Waals surface area contributed by atoms with Crippen molar-refractivity contribution in [2.24, 2.45) is 5.41 Å². The number of ether oxygens (including phenoxy) is 1. The molecule has 0 radical (unpaired) electrons. The number of anilines is 2. The van der Waals surface area contributed by atoms with Crippen LogP contribution in [0.25, 0.3) is 0 Å². The second kappa shape index (κ2) is 7.63. The smallest absolute Gasteiger partial charge is 0.335 e. The average molecular weight is 434 g/mol. The molecule has 0 aliphatic carbocycles. The molecular weight excluding hydrogens is 408 g/mol. The van der Waals surface area contributed by atoms with Crippen LogP contribution in [-0.4, -0.2) is 62.1 Å². The lowest BCUT2D eigenvalue weighted by atomic mass is 9.67. The van der Waals surface area contributed by atoms with Gasteiger partial charge in [0.05, 0.1) is 18.3 Å². The highest BCUT2D eigenvalue weighted by atomic mass is 16.5. The van der Waals surface area contributed by atoms with Crippen LogP contribution in [0.15, 0.2) is 48.5 Å². The number of carbonyl (C=O) groups excluding carboxylic acids is 3. The first kappa shape index (κ1) is 20.5. The summed E-state index contributed by atoms with van der Waals surface area (Å²) in [6.07, 6.45) is 0.240. The van der Waals surface area contributed by atoms with Crippen LogP contribution in [-0.2, 0) is 16.0 Å². The summed E-state index contributed by atoms with van der Waals surface area (Å²) in [5, 5.41) is 2.49. The van der Waals surface area contributed by atoms with E-state index in [1.165, 1.54) is 0 Å². The molecule has 32 heavy (non-hydrogen) atoms. The van der Waals surface area contributed by atoms with E-state index in [2.05, 4.69) is 15.1 Å². The third-order valence-electron chi connectivity index (χ3n) is 6.74. The quantitative estimate of drug-likeness (QED) is 0.745. The maximum atomic E-state index is 14.2. The van der Waals surface area contributed by atoms with Crippen LogP contribution in [0.4, 0.5) is 16.2 Å². The molecule has 3 heterocycles. The molecule has 1 spiro atoms. The highest BCUT2D eigenvalue weighted by molar-refractivity contribution is 6.31. The Labute approximate surface area is 186 Å². The first-order valence-corrected chi connectivity index (χ1v) is 10.9. The monoisotopic (exact) mass is 434 g/mol. The lowest BCUT2D eigenvalue weighted by Gasteiger charge is -2.55. The van der Waals surface area contributed by atoms with E-state index in [1.54, 1.807) is 24.3 Å². The molecule has 3 aliphatic rings. The molecule has 2 aromatic rings. The Bertz CT molecular complexity index is 1100. The van der Waals surface area contributed by atoms with Crippen LogP contribution in [0.1, 0.15) is 12.5 Å². The summed E-state index contributed by atoms with van der Waals surface area (Å²) in [4.78, 5) is 46.0. The number of amides is 4. The van der Waals surface area contributed by atoms with Crippen LogP contribution in [0.3, 0.4) is 0 Å². The fraction of sp³-hybridized carbons (Fsp3) is 0.375. The topological polar surface area (TPSA) is 82.2 Å². The molecule has 2 unspecified atom stereocenters. The zero-order valence-electron chi connectivity index (χ0n) is 18.2. The molecule has 0 saturated carbocycles. The molecule has 5 rings (SSSR count). The van der Waals surface area contributed by atoms with Gasteiger partial charge in [0.1, 0.15) is 5.75 Å². The van der Waals surface area contributed by atoms with E-state index < -0.39 is 29.3 Å². The standard InChI is InChI=1S/C24H26N4O4/c1-3-32-19-11-7-6-10-18(19)28-22(30)24(21(29)25-23(28)31)14-16-8-4-5-9-17(16)27-13-12-26(2)15-20(24)27/h4-11,20H,3,12-15H2,1-2H3,(H,25,29,31). The molecule has 0 bridgehead atoms. The van der Waals surface area contributed by atoms with Gasteiger partial charge in [-0.1, -0.05) is 30.3 Å². The van der Waals surface area contributed by atoms with E-state index in [0.29, 0.717) is 31.1 Å². The second-order valence-corrected chi connectivity index (χ2v) is 8.55. The Balaban J connectivity index is 1.66. The SMILES string of the molecule is CCOc1ccccc1N1C(=O)NC(=O)C2(Cc3ccccc3N3CCN(C)CC32)C1=O. The van der Waals surface area contributed by atoms with Gasteiger partial charge in [-0.25, -0.2) is 9.69 Å². The normalized spacial score (nSPS) is 25.4. The summed E-state index contributed by atoms with van der Waals surface area (Å²) >= 11 is 0. The largest absolute Gasteiger partial charge is 0.492 e. The Morgan fingerprint density at radius 1 is 1.03 bits per heavy atom. The number of benzene rings is 2. The minimum atomic E-state index is -1.42. The second-order valence-electron chi connectivity index (χ2n) is 8.55. The van der Waals surface area contributed by atoms with Crippen LogP contribution in [0.5, 0.6) is 5.75 Å².